The lowest BCUT2D eigenvalue weighted by Gasteiger charge is -2.22. The number of carbonyl (C=O) groups is 1. The molecule has 7 heteroatoms. The van der Waals surface area contributed by atoms with E-state index in [-0.39, 0.29) is 30.7 Å². The molecule has 1 aromatic carbocycles. The van der Waals surface area contributed by atoms with E-state index in [0.29, 0.717) is 11.8 Å². The minimum Gasteiger partial charge on any atom is -0.497 e. The fraction of sp³-hybridized carbons (Fsp3) is 0.500. The molecule has 2 aliphatic rings. The van der Waals surface area contributed by atoms with E-state index >= 15 is 0 Å². The Balaban J connectivity index is 0.00000131. The topological polar surface area (TPSA) is 54.5 Å². The minimum absolute atomic E-state index is 0. The average Bonchev–Trinajstić information content (AvgIpc) is 2.98. The molecule has 2 aromatic rings. The van der Waals surface area contributed by atoms with Gasteiger partial charge >= 0.3 is 0 Å². The Bertz CT molecular complexity index is 801. The molecule has 148 valence electrons. The molecule has 3 heterocycles. The van der Waals surface area contributed by atoms with Crippen molar-refractivity contribution >= 4 is 41.6 Å². The third kappa shape index (κ3) is 4.31. The van der Waals surface area contributed by atoms with Crippen LogP contribution in [0.1, 0.15) is 28.9 Å². The molecule has 0 bridgehead atoms. The van der Waals surface area contributed by atoms with Crippen molar-refractivity contribution in [3.8, 4) is 5.75 Å². The van der Waals surface area contributed by atoms with Crippen LogP contribution >= 0.6 is 24.8 Å². The van der Waals surface area contributed by atoms with Crippen molar-refractivity contribution in [2.45, 2.75) is 19.8 Å². The maximum Gasteiger partial charge on any atom is 0.254 e. The second-order valence-corrected chi connectivity index (χ2v) is 7.24. The first kappa shape index (κ1) is 21.7. The third-order valence-electron chi connectivity index (χ3n) is 5.68. The van der Waals surface area contributed by atoms with E-state index in [2.05, 4.69) is 10.3 Å². The lowest BCUT2D eigenvalue weighted by atomic mass is 9.92. The number of rotatable bonds is 2. The first-order chi connectivity index (χ1) is 12.2. The van der Waals surface area contributed by atoms with Crippen molar-refractivity contribution in [2.24, 2.45) is 11.8 Å². The fourth-order valence-corrected chi connectivity index (χ4v) is 4.23. The molecule has 2 saturated heterocycles. The number of aromatic nitrogens is 1. The quantitative estimate of drug-likeness (QED) is 0.821. The standard InChI is InChI=1S/C20H25N3O2.2ClH/c1-13-9-18(17-10-16(25-2)3-4-19(17)22-13)20(24)23-7-5-14-11-21-12-15(14)6-8-23;;/h3-4,9-10,14-15,21H,5-8,11-12H2,1-2H3;2*1H/t14-,15+;;. The summed E-state index contributed by atoms with van der Waals surface area (Å²) in [4.78, 5) is 19.9. The van der Waals surface area contributed by atoms with Gasteiger partial charge in [-0.05, 0) is 69.0 Å². The number of halogens is 2. The van der Waals surface area contributed by atoms with Gasteiger partial charge in [-0.25, -0.2) is 0 Å². The predicted octanol–water partition coefficient (Wildman–Crippen LogP) is 3.47. The van der Waals surface area contributed by atoms with E-state index in [0.717, 1.165) is 66.9 Å². The lowest BCUT2D eigenvalue weighted by Crippen LogP contribution is -2.33. The number of carbonyl (C=O) groups excluding carboxylic acids is 1. The van der Waals surface area contributed by atoms with Gasteiger partial charge in [0.15, 0.2) is 0 Å². The zero-order valence-corrected chi connectivity index (χ0v) is 17.4. The number of benzene rings is 1. The number of nitrogens with one attached hydrogen (secondary N) is 1. The van der Waals surface area contributed by atoms with Crippen LogP contribution in [0.25, 0.3) is 10.9 Å². The maximum atomic E-state index is 13.3. The van der Waals surface area contributed by atoms with Gasteiger partial charge in [0.1, 0.15) is 5.75 Å². The van der Waals surface area contributed by atoms with Gasteiger partial charge in [-0.2, -0.15) is 0 Å². The number of hydrogen-bond acceptors (Lipinski definition) is 4. The fourth-order valence-electron chi connectivity index (χ4n) is 4.23. The SMILES string of the molecule is COc1ccc2nc(C)cc(C(=O)N3CC[C@@H]4CNC[C@@H]4CC3)c2c1.Cl.Cl. The Labute approximate surface area is 172 Å². The highest BCUT2D eigenvalue weighted by atomic mass is 35.5. The summed E-state index contributed by atoms with van der Waals surface area (Å²) >= 11 is 0. The van der Waals surface area contributed by atoms with Crippen molar-refractivity contribution in [1.82, 2.24) is 15.2 Å². The van der Waals surface area contributed by atoms with E-state index in [1.165, 1.54) is 0 Å². The second kappa shape index (κ2) is 9.09. The summed E-state index contributed by atoms with van der Waals surface area (Å²) in [5, 5.41) is 4.36. The van der Waals surface area contributed by atoms with Crippen molar-refractivity contribution in [3.63, 3.8) is 0 Å². The molecule has 2 fully saturated rings. The normalized spacial score (nSPS) is 21.6. The van der Waals surface area contributed by atoms with Gasteiger partial charge in [0.05, 0.1) is 18.2 Å². The molecule has 0 radical (unpaired) electrons. The number of pyridine rings is 1. The highest BCUT2D eigenvalue weighted by Crippen LogP contribution is 2.29. The molecule has 0 aliphatic carbocycles. The number of amides is 1. The first-order valence-corrected chi connectivity index (χ1v) is 9.11. The molecule has 27 heavy (non-hydrogen) atoms. The molecule has 1 amide bonds. The van der Waals surface area contributed by atoms with E-state index < -0.39 is 0 Å². The maximum absolute atomic E-state index is 13.3. The van der Waals surface area contributed by atoms with Crippen LogP contribution in [0.15, 0.2) is 24.3 Å². The summed E-state index contributed by atoms with van der Waals surface area (Å²) in [7, 11) is 1.64. The zero-order chi connectivity index (χ0) is 17.4. The van der Waals surface area contributed by atoms with Gasteiger partial charge in [-0.1, -0.05) is 0 Å². The van der Waals surface area contributed by atoms with E-state index in [9.17, 15) is 4.79 Å². The lowest BCUT2D eigenvalue weighted by molar-refractivity contribution is 0.0760. The van der Waals surface area contributed by atoms with Gasteiger partial charge in [-0.15, -0.1) is 24.8 Å². The van der Waals surface area contributed by atoms with Crippen LogP contribution in [0, 0.1) is 18.8 Å². The third-order valence-corrected chi connectivity index (χ3v) is 5.68. The van der Waals surface area contributed by atoms with Crippen molar-refractivity contribution < 1.29 is 9.53 Å². The highest BCUT2D eigenvalue weighted by Gasteiger charge is 2.32. The van der Waals surface area contributed by atoms with Crippen molar-refractivity contribution in [1.29, 1.82) is 0 Å². The summed E-state index contributed by atoms with van der Waals surface area (Å²) in [5.74, 6) is 2.31. The molecule has 4 rings (SSSR count). The predicted molar refractivity (Wildman–Crippen MR) is 113 cm³/mol. The van der Waals surface area contributed by atoms with Gasteiger partial charge in [0, 0.05) is 24.2 Å². The molecule has 5 nitrogen and oxygen atoms in total. The molecule has 2 aliphatic heterocycles. The van der Waals surface area contributed by atoms with Crippen LogP contribution in [0.3, 0.4) is 0 Å². The molecule has 1 N–H and O–H groups in total. The Morgan fingerprint density at radius 2 is 1.81 bits per heavy atom. The molecule has 0 saturated carbocycles. The van der Waals surface area contributed by atoms with Crippen LogP contribution in [0.2, 0.25) is 0 Å². The van der Waals surface area contributed by atoms with Crippen LogP contribution in [0.5, 0.6) is 5.75 Å². The van der Waals surface area contributed by atoms with Crippen LogP contribution in [-0.2, 0) is 0 Å². The summed E-state index contributed by atoms with van der Waals surface area (Å²) in [6.07, 6.45) is 2.18. The molecular formula is C20H27Cl2N3O2. The molecule has 0 unspecified atom stereocenters. The Morgan fingerprint density at radius 3 is 2.44 bits per heavy atom. The molecule has 0 spiro atoms. The van der Waals surface area contributed by atoms with E-state index in [1.54, 1.807) is 7.11 Å². The average molecular weight is 412 g/mol. The Hall–Kier alpha value is -1.56. The largest absolute Gasteiger partial charge is 0.497 e. The molecule has 2 atom stereocenters. The number of ether oxygens (including phenoxy) is 1. The van der Waals surface area contributed by atoms with Crippen molar-refractivity contribution in [2.75, 3.05) is 33.3 Å². The zero-order valence-electron chi connectivity index (χ0n) is 15.7. The summed E-state index contributed by atoms with van der Waals surface area (Å²) in [5.41, 5.74) is 2.46. The summed E-state index contributed by atoms with van der Waals surface area (Å²) in [6, 6.07) is 7.66. The van der Waals surface area contributed by atoms with Gasteiger partial charge in [0.25, 0.3) is 5.91 Å². The van der Waals surface area contributed by atoms with Crippen LogP contribution in [0.4, 0.5) is 0 Å². The van der Waals surface area contributed by atoms with Crippen molar-refractivity contribution in [3.05, 3.63) is 35.5 Å². The number of methoxy groups -OCH3 is 1. The molecule has 1 aromatic heterocycles. The van der Waals surface area contributed by atoms with Gasteiger partial charge in [0.2, 0.25) is 0 Å². The Kier molecular flexibility index (Phi) is 7.32. The van der Waals surface area contributed by atoms with E-state index in [1.807, 2.05) is 36.1 Å². The van der Waals surface area contributed by atoms with Gasteiger partial charge < -0.3 is 15.0 Å². The molecular weight excluding hydrogens is 385 g/mol. The summed E-state index contributed by atoms with van der Waals surface area (Å²) < 4.78 is 5.34. The van der Waals surface area contributed by atoms with Gasteiger partial charge in [-0.3, -0.25) is 9.78 Å². The van der Waals surface area contributed by atoms with Crippen LogP contribution < -0.4 is 10.1 Å². The van der Waals surface area contributed by atoms with E-state index in [4.69, 9.17) is 4.74 Å². The second-order valence-electron chi connectivity index (χ2n) is 7.24. The smallest absolute Gasteiger partial charge is 0.254 e. The Morgan fingerprint density at radius 1 is 1.15 bits per heavy atom. The first-order valence-electron chi connectivity index (χ1n) is 9.11. The number of nitrogens with zero attached hydrogens (tertiary/aromatic N) is 2. The number of fused-ring (bicyclic) bond motifs is 2. The minimum atomic E-state index is 0. The number of likely N-dealkylation sites (tertiary alicyclic amines) is 1. The number of hydrogen-bond donors (Lipinski definition) is 1. The summed E-state index contributed by atoms with van der Waals surface area (Å²) in [6.45, 7) is 5.82. The number of aryl methyl sites for hydroxylation is 1. The highest BCUT2D eigenvalue weighted by molar-refractivity contribution is 6.06. The van der Waals surface area contributed by atoms with Crippen LogP contribution in [-0.4, -0.2) is 49.1 Å². The monoisotopic (exact) mass is 411 g/mol.